The van der Waals surface area contributed by atoms with E-state index < -0.39 is 0 Å². The molecule has 3 heteroatoms. The molecule has 88 valence electrons. The molecule has 0 saturated heterocycles. The Balaban J connectivity index is 3.69. The average molecular weight is 213 g/mol. The molecule has 0 unspecified atom stereocenters. The Hall–Kier alpha value is -0.860. The lowest BCUT2D eigenvalue weighted by Crippen LogP contribution is -2.30. The Morgan fingerprint density at radius 2 is 1.80 bits per heavy atom. The highest BCUT2D eigenvalue weighted by Crippen LogP contribution is 2.04. The van der Waals surface area contributed by atoms with E-state index in [-0.39, 0.29) is 11.7 Å². The molecule has 0 heterocycles. The van der Waals surface area contributed by atoms with Gasteiger partial charge in [0, 0.05) is 32.9 Å². The predicted octanol–water partition coefficient (Wildman–Crippen LogP) is 2.25. The van der Waals surface area contributed by atoms with Crippen molar-refractivity contribution in [2.45, 2.75) is 46.5 Å². The molecule has 3 nitrogen and oxygen atoms in total. The van der Waals surface area contributed by atoms with Gasteiger partial charge in [-0.25, -0.2) is 0 Å². The first-order chi connectivity index (χ1) is 6.97. The molecule has 0 N–H and O–H groups in total. The molecule has 0 rings (SSSR count). The zero-order valence-corrected chi connectivity index (χ0v) is 10.4. The molecule has 0 aromatic rings. The van der Waals surface area contributed by atoms with Crippen molar-refractivity contribution in [2.24, 2.45) is 5.92 Å². The van der Waals surface area contributed by atoms with Gasteiger partial charge >= 0.3 is 0 Å². The summed E-state index contributed by atoms with van der Waals surface area (Å²) in [4.78, 5) is 24.3. The summed E-state index contributed by atoms with van der Waals surface area (Å²) in [6.07, 6.45) is 2.30. The monoisotopic (exact) mass is 213 g/mol. The van der Waals surface area contributed by atoms with Gasteiger partial charge in [0.2, 0.25) is 5.91 Å². The van der Waals surface area contributed by atoms with Gasteiger partial charge in [-0.05, 0) is 12.3 Å². The molecule has 1 amide bonds. The van der Waals surface area contributed by atoms with Crippen LogP contribution in [0.1, 0.15) is 46.5 Å². The van der Waals surface area contributed by atoms with Gasteiger partial charge in [-0.3, -0.25) is 9.59 Å². The molecule has 0 aliphatic carbocycles. The van der Waals surface area contributed by atoms with Crippen molar-refractivity contribution in [2.75, 3.05) is 13.6 Å². The number of rotatable bonds is 7. The summed E-state index contributed by atoms with van der Waals surface area (Å²) < 4.78 is 0. The molecular formula is C12H23NO2. The third-order valence-corrected chi connectivity index (χ3v) is 2.31. The van der Waals surface area contributed by atoms with Crippen molar-refractivity contribution >= 4 is 11.7 Å². The molecule has 0 saturated carbocycles. The van der Waals surface area contributed by atoms with Crippen LogP contribution in [-0.2, 0) is 9.59 Å². The van der Waals surface area contributed by atoms with E-state index in [1.807, 2.05) is 14.0 Å². The van der Waals surface area contributed by atoms with Gasteiger partial charge in [0.15, 0.2) is 0 Å². The topological polar surface area (TPSA) is 37.4 Å². The summed E-state index contributed by atoms with van der Waals surface area (Å²) in [6.45, 7) is 6.82. The molecule has 0 atom stereocenters. The van der Waals surface area contributed by atoms with Crippen LogP contribution in [0.3, 0.4) is 0 Å². The van der Waals surface area contributed by atoms with E-state index in [1.165, 1.54) is 0 Å². The van der Waals surface area contributed by atoms with Crippen LogP contribution < -0.4 is 0 Å². The van der Waals surface area contributed by atoms with E-state index in [9.17, 15) is 9.59 Å². The fraction of sp³-hybridized carbons (Fsp3) is 0.833. The summed E-state index contributed by atoms with van der Waals surface area (Å²) in [7, 11) is 1.82. The summed E-state index contributed by atoms with van der Waals surface area (Å²) in [6, 6.07) is 0. The molecule has 0 aromatic heterocycles. The summed E-state index contributed by atoms with van der Waals surface area (Å²) in [5.41, 5.74) is 0. The summed E-state index contributed by atoms with van der Waals surface area (Å²) in [5.74, 6) is 0.887. The molecule has 0 bridgehead atoms. The zero-order valence-electron chi connectivity index (χ0n) is 10.4. The second-order valence-corrected chi connectivity index (χ2v) is 4.41. The lowest BCUT2D eigenvalue weighted by molar-refractivity contribution is -0.130. The number of Topliss-reactive ketones (excluding diaryl/α,β-unsaturated/α-hetero) is 1. The highest BCUT2D eigenvalue weighted by molar-refractivity contribution is 5.79. The first kappa shape index (κ1) is 14.1. The van der Waals surface area contributed by atoms with Crippen molar-refractivity contribution in [1.29, 1.82) is 0 Å². The van der Waals surface area contributed by atoms with E-state index in [4.69, 9.17) is 0 Å². The Labute approximate surface area is 92.8 Å². The Kier molecular flexibility index (Phi) is 7.01. The maximum Gasteiger partial charge on any atom is 0.222 e. The van der Waals surface area contributed by atoms with Gasteiger partial charge in [0.1, 0.15) is 5.78 Å². The number of ketones is 1. The second-order valence-electron chi connectivity index (χ2n) is 4.41. The fourth-order valence-electron chi connectivity index (χ4n) is 1.45. The van der Waals surface area contributed by atoms with Crippen LogP contribution in [0, 0.1) is 5.92 Å². The molecule has 15 heavy (non-hydrogen) atoms. The summed E-state index contributed by atoms with van der Waals surface area (Å²) >= 11 is 0. The molecule has 0 radical (unpaired) electrons. The minimum atomic E-state index is 0.146. The maximum absolute atomic E-state index is 11.6. The van der Waals surface area contributed by atoms with Crippen LogP contribution in [0.5, 0.6) is 0 Å². The normalized spacial score (nSPS) is 10.5. The second kappa shape index (κ2) is 7.43. The molecule has 0 aliphatic rings. The standard InChI is InChI=1S/C12H23NO2/c1-5-11(14)7-6-8-12(15)13(4)9-10(2)3/h10H,5-9H2,1-4H3. The van der Waals surface area contributed by atoms with Crippen molar-refractivity contribution in [3.8, 4) is 0 Å². The Morgan fingerprint density at radius 3 is 2.27 bits per heavy atom. The van der Waals surface area contributed by atoms with E-state index in [2.05, 4.69) is 13.8 Å². The van der Waals surface area contributed by atoms with Gasteiger partial charge in [-0.1, -0.05) is 20.8 Å². The average Bonchev–Trinajstić information content (AvgIpc) is 2.16. The lowest BCUT2D eigenvalue weighted by Gasteiger charge is -2.19. The first-order valence-electron chi connectivity index (χ1n) is 5.73. The van der Waals surface area contributed by atoms with Crippen molar-refractivity contribution in [3.63, 3.8) is 0 Å². The third kappa shape index (κ3) is 7.11. The van der Waals surface area contributed by atoms with Gasteiger partial charge in [0.05, 0.1) is 0 Å². The predicted molar refractivity (Wildman–Crippen MR) is 61.6 cm³/mol. The molecular weight excluding hydrogens is 190 g/mol. The number of nitrogens with zero attached hydrogens (tertiary/aromatic N) is 1. The number of amides is 1. The minimum absolute atomic E-state index is 0.146. The van der Waals surface area contributed by atoms with E-state index in [1.54, 1.807) is 4.90 Å². The van der Waals surface area contributed by atoms with Gasteiger partial charge in [-0.2, -0.15) is 0 Å². The highest BCUT2D eigenvalue weighted by atomic mass is 16.2. The largest absolute Gasteiger partial charge is 0.346 e. The SMILES string of the molecule is CCC(=O)CCCC(=O)N(C)CC(C)C. The third-order valence-electron chi connectivity index (χ3n) is 2.31. The highest BCUT2D eigenvalue weighted by Gasteiger charge is 2.10. The molecule has 0 spiro atoms. The van der Waals surface area contributed by atoms with Crippen LogP contribution in [-0.4, -0.2) is 30.2 Å². The maximum atomic E-state index is 11.6. The number of hydrogen-bond acceptors (Lipinski definition) is 2. The molecule has 0 aliphatic heterocycles. The summed E-state index contributed by atoms with van der Waals surface area (Å²) in [5, 5.41) is 0. The minimum Gasteiger partial charge on any atom is -0.346 e. The van der Waals surface area contributed by atoms with Crippen LogP contribution in [0.15, 0.2) is 0 Å². The fourth-order valence-corrected chi connectivity index (χ4v) is 1.45. The Morgan fingerprint density at radius 1 is 1.20 bits per heavy atom. The number of carbonyl (C=O) groups excluding carboxylic acids is 2. The van der Waals surface area contributed by atoms with Crippen LogP contribution in [0.4, 0.5) is 0 Å². The Bertz CT molecular complexity index is 212. The van der Waals surface area contributed by atoms with Crippen LogP contribution in [0.25, 0.3) is 0 Å². The van der Waals surface area contributed by atoms with Crippen molar-refractivity contribution < 1.29 is 9.59 Å². The van der Waals surface area contributed by atoms with E-state index >= 15 is 0 Å². The lowest BCUT2D eigenvalue weighted by atomic mass is 10.1. The van der Waals surface area contributed by atoms with Gasteiger partial charge in [0.25, 0.3) is 0 Å². The number of carbonyl (C=O) groups is 2. The van der Waals surface area contributed by atoms with Crippen LogP contribution in [0.2, 0.25) is 0 Å². The van der Waals surface area contributed by atoms with Crippen molar-refractivity contribution in [1.82, 2.24) is 4.90 Å². The number of hydrogen-bond donors (Lipinski definition) is 0. The van der Waals surface area contributed by atoms with E-state index in [0.717, 1.165) is 6.54 Å². The van der Waals surface area contributed by atoms with E-state index in [0.29, 0.717) is 31.6 Å². The van der Waals surface area contributed by atoms with Gasteiger partial charge < -0.3 is 4.90 Å². The quantitative estimate of drug-likeness (QED) is 0.650. The first-order valence-corrected chi connectivity index (χ1v) is 5.73. The van der Waals surface area contributed by atoms with Crippen molar-refractivity contribution in [3.05, 3.63) is 0 Å². The van der Waals surface area contributed by atoms with Gasteiger partial charge in [-0.15, -0.1) is 0 Å². The molecule has 0 fully saturated rings. The smallest absolute Gasteiger partial charge is 0.222 e. The zero-order chi connectivity index (χ0) is 11.8. The van der Waals surface area contributed by atoms with Crippen LogP contribution >= 0.6 is 0 Å². The molecule has 0 aromatic carbocycles.